The van der Waals surface area contributed by atoms with Gasteiger partial charge in [0.2, 0.25) is 0 Å². The van der Waals surface area contributed by atoms with Gasteiger partial charge in [-0.1, -0.05) is 31.2 Å². The quantitative estimate of drug-likeness (QED) is 0.691. The lowest BCUT2D eigenvalue weighted by Gasteiger charge is -2.12. The first-order valence-corrected chi connectivity index (χ1v) is 8.03. The molecule has 0 bridgehead atoms. The highest BCUT2D eigenvalue weighted by atomic mass is 35.5. The molecule has 0 fully saturated rings. The van der Waals surface area contributed by atoms with Gasteiger partial charge in [0.05, 0.1) is 5.56 Å². The van der Waals surface area contributed by atoms with E-state index in [1.165, 1.54) is 0 Å². The summed E-state index contributed by atoms with van der Waals surface area (Å²) in [6, 6.07) is 14.3. The number of anilines is 1. The van der Waals surface area contributed by atoms with Crippen molar-refractivity contribution in [2.24, 2.45) is 0 Å². The molecule has 25 heavy (non-hydrogen) atoms. The number of benzene rings is 2. The molecule has 134 valence electrons. The predicted molar refractivity (Wildman–Crippen MR) is 103 cm³/mol. The summed E-state index contributed by atoms with van der Waals surface area (Å²) in [4.78, 5) is 24.3. The number of rotatable bonds is 6. The molecular formula is C19H24ClN3O2. The number of carbonyl (C=O) groups is 2. The lowest BCUT2D eigenvalue weighted by atomic mass is 10.1. The highest BCUT2D eigenvalue weighted by Gasteiger charge is 2.11. The Bertz CT molecular complexity index is 734. The lowest BCUT2D eigenvalue weighted by Crippen LogP contribution is -2.32. The maximum atomic E-state index is 12.2. The van der Waals surface area contributed by atoms with Gasteiger partial charge < -0.3 is 16.4 Å². The number of halogens is 1. The summed E-state index contributed by atoms with van der Waals surface area (Å²) >= 11 is 0. The second-order valence-corrected chi connectivity index (χ2v) is 5.75. The van der Waals surface area contributed by atoms with Crippen LogP contribution in [0.15, 0.2) is 48.5 Å². The molecule has 0 heterocycles. The third-order valence-corrected chi connectivity index (χ3v) is 3.84. The molecule has 0 aliphatic rings. The van der Waals surface area contributed by atoms with E-state index >= 15 is 0 Å². The van der Waals surface area contributed by atoms with Gasteiger partial charge in [0.15, 0.2) is 0 Å². The van der Waals surface area contributed by atoms with E-state index in [9.17, 15) is 9.59 Å². The Labute approximate surface area is 154 Å². The fourth-order valence-electron chi connectivity index (χ4n) is 2.21. The monoisotopic (exact) mass is 361 g/mol. The first-order chi connectivity index (χ1) is 11.5. The van der Waals surface area contributed by atoms with Crippen LogP contribution in [-0.2, 0) is 6.54 Å². The first-order valence-electron chi connectivity index (χ1n) is 8.03. The molecule has 2 rings (SSSR count). The second-order valence-electron chi connectivity index (χ2n) is 5.75. The van der Waals surface area contributed by atoms with Crippen LogP contribution < -0.4 is 16.4 Å². The molecule has 0 aliphatic carbocycles. The van der Waals surface area contributed by atoms with Crippen LogP contribution in [-0.4, -0.2) is 17.9 Å². The van der Waals surface area contributed by atoms with Crippen LogP contribution in [0.2, 0.25) is 0 Å². The molecule has 0 aliphatic heterocycles. The van der Waals surface area contributed by atoms with Gasteiger partial charge in [0.25, 0.3) is 11.8 Å². The Morgan fingerprint density at radius 2 is 1.80 bits per heavy atom. The number of nitrogens with one attached hydrogen (secondary N) is 2. The van der Waals surface area contributed by atoms with Crippen LogP contribution in [0, 0.1) is 0 Å². The first kappa shape index (κ1) is 20.5. The number of amides is 2. The van der Waals surface area contributed by atoms with Crippen molar-refractivity contribution < 1.29 is 9.59 Å². The van der Waals surface area contributed by atoms with Crippen LogP contribution in [0.1, 0.15) is 46.5 Å². The lowest BCUT2D eigenvalue weighted by molar-refractivity contribution is 0.0936. The van der Waals surface area contributed by atoms with Gasteiger partial charge >= 0.3 is 0 Å². The third kappa shape index (κ3) is 5.80. The minimum Gasteiger partial charge on any atom is -0.398 e. The second kappa shape index (κ2) is 9.69. The largest absolute Gasteiger partial charge is 0.398 e. The molecule has 2 aromatic carbocycles. The molecule has 1 unspecified atom stereocenters. The van der Waals surface area contributed by atoms with E-state index in [1.807, 2.05) is 26.0 Å². The summed E-state index contributed by atoms with van der Waals surface area (Å²) < 4.78 is 0. The SMILES string of the molecule is CCC(C)NC(=O)c1cccc(CNC(=O)c2ccccc2N)c1.Cl. The molecule has 0 saturated carbocycles. The molecule has 6 heteroatoms. The van der Waals surface area contributed by atoms with Crippen molar-refractivity contribution in [3.05, 3.63) is 65.2 Å². The minimum absolute atomic E-state index is 0. The number of nitrogens with two attached hydrogens (primary N) is 1. The molecule has 2 aromatic rings. The van der Waals surface area contributed by atoms with Crippen molar-refractivity contribution in [2.75, 3.05) is 5.73 Å². The van der Waals surface area contributed by atoms with Gasteiger partial charge in [-0.3, -0.25) is 9.59 Å². The fraction of sp³-hybridized carbons (Fsp3) is 0.263. The van der Waals surface area contributed by atoms with E-state index in [1.54, 1.807) is 36.4 Å². The number of para-hydroxylation sites is 1. The molecule has 1 atom stereocenters. The van der Waals surface area contributed by atoms with Crippen molar-refractivity contribution >= 4 is 29.9 Å². The van der Waals surface area contributed by atoms with Crippen LogP contribution in [0.4, 0.5) is 5.69 Å². The zero-order chi connectivity index (χ0) is 17.5. The average molecular weight is 362 g/mol. The molecule has 0 aromatic heterocycles. The number of carbonyl (C=O) groups excluding carboxylic acids is 2. The fourth-order valence-corrected chi connectivity index (χ4v) is 2.21. The third-order valence-electron chi connectivity index (χ3n) is 3.84. The molecule has 0 saturated heterocycles. The Balaban J connectivity index is 0.00000312. The number of hydrogen-bond acceptors (Lipinski definition) is 3. The Morgan fingerprint density at radius 3 is 2.48 bits per heavy atom. The molecule has 0 spiro atoms. The van der Waals surface area contributed by atoms with Gasteiger partial charge in [-0.05, 0) is 43.2 Å². The molecule has 4 N–H and O–H groups in total. The van der Waals surface area contributed by atoms with E-state index < -0.39 is 0 Å². The molecule has 0 radical (unpaired) electrons. The van der Waals surface area contributed by atoms with E-state index in [0.717, 1.165) is 12.0 Å². The van der Waals surface area contributed by atoms with Crippen molar-refractivity contribution in [1.29, 1.82) is 0 Å². The number of hydrogen-bond donors (Lipinski definition) is 3. The van der Waals surface area contributed by atoms with Crippen LogP contribution in [0.5, 0.6) is 0 Å². The molecule has 5 nitrogen and oxygen atoms in total. The zero-order valence-corrected chi connectivity index (χ0v) is 15.2. The van der Waals surface area contributed by atoms with Crippen molar-refractivity contribution in [3.8, 4) is 0 Å². The minimum atomic E-state index is -0.234. The van der Waals surface area contributed by atoms with Gasteiger partial charge in [-0.15, -0.1) is 12.4 Å². The molecule has 2 amide bonds. The van der Waals surface area contributed by atoms with Crippen molar-refractivity contribution in [3.63, 3.8) is 0 Å². The molecular weight excluding hydrogens is 338 g/mol. The Kier molecular flexibility index (Phi) is 7.95. The average Bonchev–Trinajstić information content (AvgIpc) is 2.60. The smallest absolute Gasteiger partial charge is 0.253 e. The van der Waals surface area contributed by atoms with E-state index in [-0.39, 0.29) is 30.3 Å². The van der Waals surface area contributed by atoms with Gasteiger partial charge in [0.1, 0.15) is 0 Å². The van der Waals surface area contributed by atoms with Crippen molar-refractivity contribution in [1.82, 2.24) is 10.6 Å². The van der Waals surface area contributed by atoms with Gasteiger partial charge in [0, 0.05) is 23.8 Å². The summed E-state index contributed by atoms with van der Waals surface area (Å²) in [6.45, 7) is 4.32. The predicted octanol–water partition coefficient (Wildman–Crippen LogP) is 3.15. The Hall–Kier alpha value is -2.53. The maximum Gasteiger partial charge on any atom is 0.253 e. The summed E-state index contributed by atoms with van der Waals surface area (Å²) in [7, 11) is 0. The van der Waals surface area contributed by atoms with Crippen molar-refractivity contribution in [2.45, 2.75) is 32.9 Å². The summed E-state index contributed by atoms with van der Waals surface area (Å²) in [5, 5.41) is 5.75. The summed E-state index contributed by atoms with van der Waals surface area (Å²) in [5.41, 5.74) is 8.13. The highest BCUT2D eigenvalue weighted by Crippen LogP contribution is 2.11. The normalized spacial score (nSPS) is 11.1. The number of nitrogen functional groups attached to an aromatic ring is 1. The summed E-state index contributed by atoms with van der Waals surface area (Å²) in [6.07, 6.45) is 0.875. The highest BCUT2D eigenvalue weighted by molar-refractivity contribution is 5.99. The van der Waals surface area contributed by atoms with E-state index in [2.05, 4.69) is 10.6 Å². The zero-order valence-electron chi connectivity index (χ0n) is 14.4. The topological polar surface area (TPSA) is 84.2 Å². The van der Waals surface area contributed by atoms with E-state index in [4.69, 9.17) is 5.73 Å². The Morgan fingerprint density at radius 1 is 1.08 bits per heavy atom. The summed E-state index contributed by atoms with van der Waals surface area (Å²) in [5.74, 6) is -0.340. The standard InChI is InChI=1S/C19H23N3O2.ClH/c1-3-13(2)22-18(23)15-8-6-7-14(11-15)12-21-19(24)16-9-4-5-10-17(16)20;/h4-11,13H,3,12,20H2,1-2H3,(H,21,24)(H,22,23);1H. The van der Waals surface area contributed by atoms with E-state index in [0.29, 0.717) is 23.4 Å². The van der Waals surface area contributed by atoms with Crippen LogP contribution >= 0.6 is 12.4 Å². The van der Waals surface area contributed by atoms with Gasteiger partial charge in [-0.25, -0.2) is 0 Å². The maximum absolute atomic E-state index is 12.2. The van der Waals surface area contributed by atoms with Crippen LogP contribution in [0.25, 0.3) is 0 Å². The van der Waals surface area contributed by atoms with Gasteiger partial charge in [-0.2, -0.15) is 0 Å². The van der Waals surface area contributed by atoms with Crippen LogP contribution in [0.3, 0.4) is 0 Å².